The third-order valence-electron chi connectivity index (χ3n) is 5.78. The number of hydrogen-bond acceptors (Lipinski definition) is 7. The van der Waals surface area contributed by atoms with E-state index in [0.29, 0.717) is 12.8 Å². The second-order valence-electron chi connectivity index (χ2n) is 8.60. The molecule has 39 heavy (non-hydrogen) atoms. The van der Waals surface area contributed by atoms with E-state index in [1.807, 2.05) is 30.3 Å². The third kappa shape index (κ3) is 7.16. The molecule has 14 heteroatoms. The molecule has 2 heterocycles. The molecular formula is C25H22ClF4N3O5S. The van der Waals surface area contributed by atoms with Crippen LogP contribution in [0.25, 0.3) is 0 Å². The Bertz CT molecular complexity index is 1420. The number of ether oxygens (including phenoxy) is 1. The molecule has 4 rings (SSSR count). The molecule has 0 unspecified atom stereocenters. The van der Waals surface area contributed by atoms with Gasteiger partial charge in [0.25, 0.3) is 10.0 Å². The maximum atomic E-state index is 13.6. The summed E-state index contributed by atoms with van der Waals surface area (Å²) in [5, 5.41) is -0.142. The van der Waals surface area contributed by atoms with Gasteiger partial charge in [0.15, 0.2) is 5.82 Å². The Balaban J connectivity index is 1.48. The molecule has 0 bridgehead atoms. The smallest absolute Gasteiger partial charge is 0.489 e. The Kier molecular flexibility index (Phi) is 8.62. The van der Waals surface area contributed by atoms with Crippen LogP contribution < -0.4 is 9.21 Å². The lowest BCUT2D eigenvalue weighted by Crippen LogP contribution is -2.39. The fourth-order valence-corrected chi connectivity index (χ4v) is 5.39. The van der Waals surface area contributed by atoms with Crippen molar-refractivity contribution in [1.82, 2.24) is 9.88 Å². The fourth-order valence-electron chi connectivity index (χ4n) is 3.88. The van der Waals surface area contributed by atoms with Crippen LogP contribution in [0.15, 0.2) is 71.6 Å². The summed E-state index contributed by atoms with van der Waals surface area (Å²) in [4.78, 5) is 20.4. The van der Waals surface area contributed by atoms with Crippen LogP contribution in [0, 0.1) is 5.95 Å². The molecule has 0 saturated carbocycles. The van der Waals surface area contributed by atoms with Crippen LogP contribution in [0.5, 0.6) is 5.75 Å². The molecule has 3 aromatic rings. The molecule has 0 N–H and O–H groups in total. The summed E-state index contributed by atoms with van der Waals surface area (Å²) >= 11 is 6.26. The minimum Gasteiger partial charge on any atom is -0.489 e. The molecule has 1 aliphatic heterocycles. The number of anilines is 1. The van der Waals surface area contributed by atoms with Crippen LogP contribution in [0.3, 0.4) is 0 Å². The Morgan fingerprint density at radius 2 is 1.74 bits per heavy atom. The number of rotatable bonds is 8. The van der Waals surface area contributed by atoms with Crippen molar-refractivity contribution in [2.45, 2.75) is 36.6 Å². The van der Waals surface area contributed by atoms with Gasteiger partial charge in [-0.2, -0.15) is 31.0 Å². The van der Waals surface area contributed by atoms with Crippen LogP contribution in [-0.4, -0.2) is 49.6 Å². The molecule has 1 saturated heterocycles. The summed E-state index contributed by atoms with van der Waals surface area (Å²) in [7, 11) is -5.02. The summed E-state index contributed by atoms with van der Waals surface area (Å²) in [6.07, 6.45) is -4.35. The Morgan fingerprint density at radius 3 is 2.36 bits per heavy atom. The third-order valence-corrected chi connectivity index (χ3v) is 7.62. The molecule has 2 aromatic carbocycles. The van der Waals surface area contributed by atoms with E-state index in [1.165, 1.54) is 11.6 Å². The van der Waals surface area contributed by atoms with Crippen molar-refractivity contribution in [2.75, 3.05) is 17.6 Å². The van der Waals surface area contributed by atoms with E-state index in [-0.39, 0.29) is 16.9 Å². The normalized spacial score (nSPS) is 15.1. The number of hydrogen-bond donors (Lipinski definition) is 0. The lowest BCUT2D eigenvalue weighted by atomic mass is 10.1. The van der Waals surface area contributed by atoms with Crippen LogP contribution in [0.4, 0.5) is 23.4 Å². The molecule has 0 aliphatic carbocycles. The maximum Gasteiger partial charge on any atom is 0.493 e. The molecule has 1 aliphatic rings. The quantitative estimate of drug-likeness (QED) is 0.205. The van der Waals surface area contributed by atoms with Crippen molar-refractivity contribution in [1.29, 1.82) is 0 Å². The van der Waals surface area contributed by atoms with Crippen molar-refractivity contribution in [3.63, 3.8) is 0 Å². The monoisotopic (exact) mass is 587 g/mol. The minimum atomic E-state index is -5.53. The average Bonchev–Trinajstić information content (AvgIpc) is 2.89. The van der Waals surface area contributed by atoms with Gasteiger partial charge in [-0.15, -0.1) is 0 Å². The standard InChI is InChI=1S/C25H22ClF4N3O5S/c26-20-15-19(39(35,36)33(38-24(34)25(28,29)30)23-8-4-7-22(27)31-23)9-10-21(20)37-18-11-13-32(14-12-18)16-17-5-2-1-3-6-17/h1-10,15,18H,11-14,16H2. The molecule has 1 aromatic heterocycles. The number of carbonyl (C=O) groups is 1. The van der Waals surface area contributed by atoms with Gasteiger partial charge < -0.3 is 9.57 Å². The van der Waals surface area contributed by atoms with Gasteiger partial charge >= 0.3 is 12.1 Å². The van der Waals surface area contributed by atoms with Gasteiger partial charge in [0.1, 0.15) is 11.9 Å². The van der Waals surface area contributed by atoms with E-state index in [2.05, 4.69) is 14.7 Å². The zero-order valence-corrected chi connectivity index (χ0v) is 21.7. The van der Waals surface area contributed by atoms with Crippen molar-refractivity contribution in [3.05, 3.63) is 83.3 Å². The number of sulfonamides is 1. The summed E-state index contributed by atoms with van der Waals surface area (Å²) in [6, 6.07) is 15.9. The van der Waals surface area contributed by atoms with Gasteiger partial charge in [-0.1, -0.05) is 52.5 Å². The highest BCUT2D eigenvalue weighted by molar-refractivity contribution is 7.92. The predicted octanol–water partition coefficient (Wildman–Crippen LogP) is 5.13. The van der Waals surface area contributed by atoms with Crippen molar-refractivity contribution in [3.8, 4) is 5.75 Å². The summed E-state index contributed by atoms with van der Waals surface area (Å²) in [6.45, 7) is 2.34. The summed E-state index contributed by atoms with van der Waals surface area (Å²) in [5.41, 5.74) is 1.19. The second-order valence-corrected chi connectivity index (χ2v) is 10.8. The van der Waals surface area contributed by atoms with E-state index in [0.717, 1.165) is 50.0 Å². The van der Waals surface area contributed by atoms with Crippen molar-refractivity contribution >= 4 is 33.4 Å². The first-order valence-corrected chi connectivity index (χ1v) is 13.4. The van der Waals surface area contributed by atoms with Crippen LogP contribution >= 0.6 is 11.6 Å². The Labute approximate surface area is 226 Å². The number of aromatic nitrogens is 1. The number of benzene rings is 2. The first-order valence-electron chi connectivity index (χ1n) is 11.6. The van der Waals surface area contributed by atoms with Crippen molar-refractivity contribution in [2.24, 2.45) is 0 Å². The SMILES string of the molecule is O=C(ON(c1cccc(F)n1)S(=O)(=O)c1ccc(OC2CCN(Cc3ccccc3)CC2)c(Cl)c1)C(F)(F)F. The van der Waals surface area contributed by atoms with Crippen molar-refractivity contribution < 1.29 is 40.3 Å². The molecular weight excluding hydrogens is 566 g/mol. The molecule has 0 spiro atoms. The number of halogens is 5. The van der Waals surface area contributed by atoms with E-state index in [1.54, 1.807) is 0 Å². The molecule has 0 amide bonds. The molecule has 208 valence electrons. The van der Waals surface area contributed by atoms with E-state index in [9.17, 15) is 30.8 Å². The predicted molar refractivity (Wildman–Crippen MR) is 133 cm³/mol. The molecule has 8 nitrogen and oxygen atoms in total. The molecule has 1 fully saturated rings. The lowest BCUT2D eigenvalue weighted by Gasteiger charge is -2.32. The first-order chi connectivity index (χ1) is 18.4. The van der Waals surface area contributed by atoms with Gasteiger partial charge in [0.05, 0.1) is 9.92 Å². The Hall–Kier alpha value is -3.42. The number of likely N-dealkylation sites (tertiary alicyclic amines) is 1. The van der Waals surface area contributed by atoms with Gasteiger partial charge in [0.2, 0.25) is 5.95 Å². The molecule has 0 atom stereocenters. The number of pyridine rings is 1. The second kappa shape index (κ2) is 11.8. The minimum absolute atomic E-state index is 0.142. The largest absolute Gasteiger partial charge is 0.493 e. The fraction of sp³-hybridized carbons (Fsp3) is 0.280. The van der Waals surface area contributed by atoms with Crippen LogP contribution in [0.2, 0.25) is 5.02 Å². The van der Waals surface area contributed by atoms with E-state index in [4.69, 9.17) is 16.3 Å². The van der Waals surface area contributed by atoms with E-state index >= 15 is 0 Å². The topological polar surface area (TPSA) is 89.0 Å². The van der Waals surface area contributed by atoms with Crippen LogP contribution in [0.1, 0.15) is 18.4 Å². The zero-order chi connectivity index (χ0) is 28.2. The summed E-state index contributed by atoms with van der Waals surface area (Å²) < 4.78 is 84.0. The highest BCUT2D eigenvalue weighted by Crippen LogP contribution is 2.33. The molecule has 0 radical (unpaired) electrons. The van der Waals surface area contributed by atoms with Gasteiger partial charge in [-0.05, 0) is 48.7 Å². The Morgan fingerprint density at radius 1 is 1.05 bits per heavy atom. The zero-order valence-electron chi connectivity index (χ0n) is 20.1. The lowest BCUT2D eigenvalue weighted by molar-refractivity contribution is -0.199. The highest BCUT2D eigenvalue weighted by atomic mass is 35.5. The average molecular weight is 588 g/mol. The highest BCUT2D eigenvalue weighted by Gasteiger charge is 2.45. The van der Waals surface area contributed by atoms with E-state index < -0.39 is 43.3 Å². The summed E-state index contributed by atoms with van der Waals surface area (Å²) in [5.74, 6) is -4.81. The first kappa shape index (κ1) is 28.6. The number of alkyl halides is 3. The number of nitrogens with zero attached hydrogens (tertiary/aromatic N) is 3. The van der Waals surface area contributed by atoms with Gasteiger partial charge in [0, 0.05) is 19.6 Å². The van der Waals surface area contributed by atoms with Gasteiger partial charge in [-0.3, -0.25) is 4.90 Å². The van der Waals surface area contributed by atoms with Crippen LogP contribution in [-0.2, 0) is 26.2 Å². The maximum absolute atomic E-state index is 13.6. The van der Waals surface area contributed by atoms with Gasteiger partial charge in [-0.25, -0.2) is 4.79 Å². The number of piperidine rings is 1. The number of carbonyl (C=O) groups excluding carboxylic acids is 1.